The molecule has 1 aromatic heterocycles. The van der Waals surface area contributed by atoms with E-state index in [4.69, 9.17) is 4.74 Å². The van der Waals surface area contributed by atoms with Crippen molar-refractivity contribution in [3.63, 3.8) is 0 Å². The molecule has 1 fully saturated rings. The highest BCUT2D eigenvalue weighted by atomic mass is 19.1. The number of carbonyl (C=O) groups is 1. The van der Waals surface area contributed by atoms with Gasteiger partial charge in [0.15, 0.2) is 0 Å². The van der Waals surface area contributed by atoms with Crippen molar-refractivity contribution >= 4 is 5.91 Å². The predicted octanol–water partition coefficient (Wildman–Crippen LogP) is 2.19. The van der Waals surface area contributed by atoms with E-state index in [1.54, 1.807) is 35.5 Å². The molecule has 1 amide bonds. The van der Waals surface area contributed by atoms with Crippen LogP contribution in [0.25, 0.3) is 0 Å². The molecule has 1 atom stereocenters. The minimum absolute atomic E-state index is 0.00948. The summed E-state index contributed by atoms with van der Waals surface area (Å²) >= 11 is 0. The van der Waals surface area contributed by atoms with Gasteiger partial charge in [-0.3, -0.25) is 9.78 Å². The second kappa shape index (κ2) is 6.57. The fourth-order valence-corrected chi connectivity index (χ4v) is 2.81. The highest BCUT2D eigenvalue weighted by Crippen LogP contribution is 2.25. The first-order chi connectivity index (χ1) is 11.5. The number of nitrogens with zero attached hydrogens (tertiary/aromatic N) is 2. The molecule has 1 unspecified atom stereocenters. The lowest BCUT2D eigenvalue weighted by molar-refractivity contribution is 0.00421. The summed E-state index contributed by atoms with van der Waals surface area (Å²) in [4.78, 5) is 18.2. The van der Waals surface area contributed by atoms with Crippen molar-refractivity contribution in [2.24, 2.45) is 0 Å². The first-order valence-corrected chi connectivity index (χ1v) is 7.77. The highest BCUT2D eigenvalue weighted by molar-refractivity contribution is 5.95. The van der Waals surface area contributed by atoms with Crippen LogP contribution >= 0.6 is 0 Å². The molecule has 126 valence electrons. The molecule has 0 saturated carbocycles. The Hall–Kier alpha value is -2.47. The van der Waals surface area contributed by atoms with Gasteiger partial charge in [0.25, 0.3) is 5.91 Å². The topological polar surface area (TPSA) is 62.7 Å². The summed E-state index contributed by atoms with van der Waals surface area (Å²) in [5.74, 6) is -0.161. The van der Waals surface area contributed by atoms with Gasteiger partial charge in [-0.25, -0.2) is 4.39 Å². The molecule has 6 heteroatoms. The molecule has 1 saturated heterocycles. The van der Waals surface area contributed by atoms with Crippen LogP contribution in [0.5, 0.6) is 5.75 Å². The molecule has 0 bridgehead atoms. The van der Waals surface area contributed by atoms with E-state index in [1.807, 2.05) is 6.92 Å². The van der Waals surface area contributed by atoms with Crippen LogP contribution in [0.15, 0.2) is 42.7 Å². The minimum atomic E-state index is -1.14. The predicted molar refractivity (Wildman–Crippen MR) is 86.3 cm³/mol. The number of aryl methyl sites for hydroxylation is 1. The number of likely N-dealkylation sites (tertiary alicyclic amines) is 1. The molecule has 24 heavy (non-hydrogen) atoms. The van der Waals surface area contributed by atoms with E-state index in [2.05, 4.69) is 4.98 Å². The number of β-amino-alcohol motifs (C(OH)–C–C–N with tert-alkyl or cyclic N) is 1. The Morgan fingerprint density at radius 3 is 3.04 bits per heavy atom. The van der Waals surface area contributed by atoms with Gasteiger partial charge in [0.05, 0.1) is 6.54 Å². The van der Waals surface area contributed by atoms with Crippen LogP contribution in [-0.4, -0.2) is 46.2 Å². The lowest BCUT2D eigenvalue weighted by atomic mass is 10.1. The Morgan fingerprint density at radius 1 is 1.46 bits per heavy atom. The Morgan fingerprint density at radius 2 is 2.29 bits per heavy atom. The van der Waals surface area contributed by atoms with Crippen molar-refractivity contribution in [1.82, 2.24) is 9.88 Å². The number of carbonyl (C=O) groups excluding carboxylic acids is 1. The molecule has 3 rings (SSSR count). The first-order valence-electron chi connectivity index (χ1n) is 7.77. The normalized spacial score (nSPS) is 20.2. The summed E-state index contributed by atoms with van der Waals surface area (Å²) in [6, 6.07) is 7.45. The number of halogens is 1. The molecule has 0 spiro atoms. The van der Waals surface area contributed by atoms with Crippen LogP contribution in [0.1, 0.15) is 22.3 Å². The molecular formula is C18H19FN2O3. The fraction of sp³-hybridized carbons (Fsp3) is 0.333. The number of rotatable bonds is 4. The van der Waals surface area contributed by atoms with E-state index in [0.717, 1.165) is 5.56 Å². The lowest BCUT2D eigenvalue weighted by Crippen LogP contribution is -2.40. The van der Waals surface area contributed by atoms with Gasteiger partial charge in [-0.05, 0) is 37.1 Å². The standard InChI is InChI=1S/C18H19FN2O3/c1-13-10-20-7-5-16(13)17(22)21-8-6-18(23,11-21)12-24-15-4-2-3-14(19)9-15/h2-5,7,9-10,23H,6,8,11-12H2,1H3. The van der Waals surface area contributed by atoms with E-state index in [0.29, 0.717) is 24.3 Å². The average Bonchev–Trinajstić information content (AvgIpc) is 2.96. The van der Waals surface area contributed by atoms with Crippen molar-refractivity contribution < 1.29 is 19.0 Å². The molecule has 5 nitrogen and oxygen atoms in total. The number of aliphatic hydroxyl groups is 1. The number of ether oxygens (including phenoxy) is 1. The summed E-state index contributed by atoms with van der Waals surface area (Å²) in [5.41, 5.74) is 0.248. The van der Waals surface area contributed by atoms with Gasteiger partial charge in [0.2, 0.25) is 0 Å². The summed E-state index contributed by atoms with van der Waals surface area (Å²) in [6.07, 6.45) is 3.64. The lowest BCUT2D eigenvalue weighted by Gasteiger charge is -2.24. The summed E-state index contributed by atoms with van der Waals surface area (Å²) in [5, 5.41) is 10.6. The van der Waals surface area contributed by atoms with Gasteiger partial charge < -0.3 is 14.7 Å². The van der Waals surface area contributed by atoms with E-state index in [9.17, 15) is 14.3 Å². The maximum Gasteiger partial charge on any atom is 0.254 e. The Labute approximate surface area is 139 Å². The van der Waals surface area contributed by atoms with Crippen molar-refractivity contribution in [1.29, 1.82) is 0 Å². The minimum Gasteiger partial charge on any atom is -0.490 e. The quantitative estimate of drug-likeness (QED) is 0.933. The van der Waals surface area contributed by atoms with Crippen LogP contribution in [0.4, 0.5) is 4.39 Å². The van der Waals surface area contributed by atoms with Crippen molar-refractivity contribution in [3.8, 4) is 5.75 Å². The molecular weight excluding hydrogens is 311 g/mol. The van der Waals surface area contributed by atoms with Crippen LogP contribution in [0.2, 0.25) is 0 Å². The van der Waals surface area contributed by atoms with Gasteiger partial charge >= 0.3 is 0 Å². The van der Waals surface area contributed by atoms with Crippen molar-refractivity contribution in [3.05, 3.63) is 59.7 Å². The van der Waals surface area contributed by atoms with Crippen LogP contribution in [0, 0.1) is 12.7 Å². The third-order valence-corrected chi connectivity index (χ3v) is 4.17. The zero-order chi connectivity index (χ0) is 17.2. The second-order valence-corrected chi connectivity index (χ2v) is 6.14. The monoisotopic (exact) mass is 330 g/mol. The van der Waals surface area contributed by atoms with Crippen LogP contribution in [-0.2, 0) is 0 Å². The van der Waals surface area contributed by atoms with Gasteiger partial charge in [-0.15, -0.1) is 0 Å². The largest absolute Gasteiger partial charge is 0.490 e. The average molecular weight is 330 g/mol. The maximum atomic E-state index is 13.2. The molecule has 2 aromatic rings. The number of aromatic nitrogens is 1. The number of hydrogen-bond donors (Lipinski definition) is 1. The molecule has 2 heterocycles. The van der Waals surface area contributed by atoms with Gasteiger partial charge in [0.1, 0.15) is 23.8 Å². The number of amides is 1. The molecule has 1 aliphatic heterocycles. The molecule has 1 aromatic carbocycles. The Balaban J connectivity index is 1.63. The maximum absolute atomic E-state index is 13.2. The summed E-state index contributed by atoms with van der Waals surface area (Å²) < 4.78 is 18.6. The molecule has 0 radical (unpaired) electrons. The van der Waals surface area contributed by atoms with E-state index < -0.39 is 11.4 Å². The van der Waals surface area contributed by atoms with Gasteiger partial charge in [-0.2, -0.15) is 0 Å². The smallest absolute Gasteiger partial charge is 0.254 e. The Bertz CT molecular complexity index is 753. The van der Waals surface area contributed by atoms with Gasteiger partial charge in [-0.1, -0.05) is 6.07 Å². The van der Waals surface area contributed by atoms with Gasteiger partial charge in [0, 0.05) is 30.6 Å². The summed E-state index contributed by atoms with van der Waals surface area (Å²) in [7, 11) is 0. The Kier molecular flexibility index (Phi) is 4.49. The molecule has 0 aliphatic carbocycles. The van der Waals surface area contributed by atoms with Crippen molar-refractivity contribution in [2.45, 2.75) is 18.9 Å². The third-order valence-electron chi connectivity index (χ3n) is 4.17. The first kappa shape index (κ1) is 16.4. The number of hydrogen-bond acceptors (Lipinski definition) is 4. The second-order valence-electron chi connectivity index (χ2n) is 6.14. The summed E-state index contributed by atoms with van der Waals surface area (Å²) in [6.45, 7) is 2.47. The number of benzene rings is 1. The van der Waals surface area contributed by atoms with Crippen molar-refractivity contribution in [2.75, 3.05) is 19.7 Å². The van der Waals surface area contributed by atoms with E-state index in [-0.39, 0.29) is 19.1 Å². The van der Waals surface area contributed by atoms with Crippen LogP contribution in [0.3, 0.4) is 0 Å². The zero-order valence-electron chi connectivity index (χ0n) is 13.4. The fourth-order valence-electron chi connectivity index (χ4n) is 2.81. The molecule has 1 N–H and O–H groups in total. The molecule has 1 aliphatic rings. The van der Waals surface area contributed by atoms with Crippen LogP contribution < -0.4 is 4.74 Å². The van der Waals surface area contributed by atoms with E-state index >= 15 is 0 Å². The number of pyridine rings is 1. The third kappa shape index (κ3) is 3.54. The SMILES string of the molecule is Cc1cnccc1C(=O)N1CCC(O)(COc2cccc(F)c2)C1. The zero-order valence-corrected chi connectivity index (χ0v) is 13.4. The van der Waals surface area contributed by atoms with E-state index in [1.165, 1.54) is 12.1 Å². The highest BCUT2D eigenvalue weighted by Gasteiger charge is 2.39.